The average molecular weight is 407 g/mol. The molecular weight excluding hydrogens is 388 g/mol. The lowest BCUT2D eigenvalue weighted by Crippen LogP contribution is -2.34. The molecule has 1 heterocycles. The van der Waals surface area contributed by atoms with E-state index < -0.39 is 10.4 Å². The molecule has 0 bridgehead atoms. The Kier molecular flexibility index (Phi) is 8.32. The number of nitrogens with zero attached hydrogens (tertiary/aromatic N) is 1. The van der Waals surface area contributed by atoms with Gasteiger partial charge in [0.25, 0.3) is 0 Å². The summed E-state index contributed by atoms with van der Waals surface area (Å²) < 4.78 is 38.9. The normalized spacial score (nSPS) is 10.7. The first-order valence-electron chi connectivity index (χ1n) is 6.87. The van der Waals surface area contributed by atoms with Crippen LogP contribution in [0.15, 0.2) is 34.7 Å². The van der Waals surface area contributed by atoms with Crippen molar-refractivity contribution in [2.75, 3.05) is 25.7 Å². The summed E-state index contributed by atoms with van der Waals surface area (Å²) >= 11 is 2.91. The first-order chi connectivity index (χ1) is 11.7. The summed E-state index contributed by atoms with van der Waals surface area (Å²) in [6, 6.07) is 9.73. The van der Waals surface area contributed by atoms with Crippen LogP contribution < -0.4 is 10.3 Å². The number of thioether (sulfide) groups is 1. The summed E-state index contributed by atoms with van der Waals surface area (Å²) in [5.41, 5.74) is 7.04. The molecule has 1 aromatic heterocycles. The fraction of sp³-hybridized carbons (Fsp3) is 0.286. The summed E-state index contributed by atoms with van der Waals surface area (Å²) in [6.45, 7) is 2.12. The number of para-hydroxylation sites is 1. The number of aromatic nitrogens is 1. The van der Waals surface area contributed by atoms with Crippen molar-refractivity contribution in [1.29, 1.82) is 0 Å². The highest BCUT2D eigenvalue weighted by Crippen LogP contribution is 2.28. The van der Waals surface area contributed by atoms with Crippen molar-refractivity contribution < 1.29 is 31.3 Å². The topological polar surface area (TPSA) is 123 Å². The SMILES string of the molecule is CCOC(=O)c1sc(SC)[n+](-c2ccccc2)c1N.COS(=O)(=O)[O-]. The van der Waals surface area contributed by atoms with Gasteiger partial charge in [0.05, 0.1) is 13.7 Å². The Balaban J connectivity index is 0.000000450. The van der Waals surface area contributed by atoms with Crippen molar-refractivity contribution in [1.82, 2.24) is 0 Å². The second kappa shape index (κ2) is 9.73. The van der Waals surface area contributed by atoms with Crippen LogP contribution in [0.3, 0.4) is 0 Å². The van der Waals surface area contributed by atoms with E-state index >= 15 is 0 Å². The van der Waals surface area contributed by atoms with Crippen molar-refractivity contribution in [2.45, 2.75) is 11.3 Å². The van der Waals surface area contributed by atoms with E-state index in [1.54, 1.807) is 18.7 Å². The van der Waals surface area contributed by atoms with E-state index in [9.17, 15) is 17.8 Å². The van der Waals surface area contributed by atoms with Gasteiger partial charge in [-0.1, -0.05) is 41.3 Å². The number of hydrogen-bond acceptors (Lipinski definition) is 9. The van der Waals surface area contributed by atoms with Gasteiger partial charge in [-0.25, -0.2) is 13.2 Å². The maximum Gasteiger partial charge on any atom is 0.357 e. The van der Waals surface area contributed by atoms with Crippen molar-refractivity contribution in [2.24, 2.45) is 0 Å². The van der Waals surface area contributed by atoms with Crippen LogP contribution in [0.4, 0.5) is 5.82 Å². The van der Waals surface area contributed by atoms with Gasteiger partial charge in [-0.15, -0.1) is 0 Å². The highest BCUT2D eigenvalue weighted by atomic mass is 32.3. The average Bonchev–Trinajstić information content (AvgIpc) is 2.92. The van der Waals surface area contributed by atoms with Gasteiger partial charge >= 0.3 is 11.8 Å². The minimum atomic E-state index is -4.41. The van der Waals surface area contributed by atoms with E-state index in [1.165, 1.54) is 11.3 Å². The van der Waals surface area contributed by atoms with E-state index in [-0.39, 0.29) is 5.97 Å². The van der Waals surface area contributed by atoms with Gasteiger partial charge in [0.1, 0.15) is 5.69 Å². The second-order valence-electron chi connectivity index (χ2n) is 4.25. The van der Waals surface area contributed by atoms with Gasteiger partial charge in [0, 0.05) is 0 Å². The molecule has 0 fully saturated rings. The Morgan fingerprint density at radius 1 is 1.36 bits per heavy atom. The Morgan fingerprint density at radius 3 is 2.36 bits per heavy atom. The monoisotopic (exact) mass is 406 g/mol. The number of thiazole rings is 1. The zero-order valence-electron chi connectivity index (χ0n) is 13.8. The molecule has 0 saturated heterocycles. The van der Waals surface area contributed by atoms with Crippen LogP contribution in [-0.4, -0.2) is 38.9 Å². The Bertz CT molecular complexity index is 805. The lowest BCUT2D eigenvalue weighted by molar-refractivity contribution is -0.613. The molecule has 0 amide bonds. The van der Waals surface area contributed by atoms with Crippen LogP contribution in [0.5, 0.6) is 0 Å². The molecule has 0 saturated carbocycles. The number of ether oxygens (including phenoxy) is 1. The summed E-state index contributed by atoms with van der Waals surface area (Å²) in [4.78, 5) is 12.3. The molecule has 2 N–H and O–H groups in total. The van der Waals surface area contributed by atoms with Crippen LogP contribution in [0.2, 0.25) is 0 Å². The smallest absolute Gasteiger partial charge is 0.357 e. The fourth-order valence-corrected chi connectivity index (χ4v) is 3.46. The van der Waals surface area contributed by atoms with Crippen LogP contribution >= 0.6 is 23.1 Å². The van der Waals surface area contributed by atoms with Gasteiger partial charge in [0.2, 0.25) is 19.6 Å². The quantitative estimate of drug-likeness (QED) is 0.261. The number of esters is 1. The number of nitrogen functional groups attached to an aromatic ring is 1. The molecule has 0 unspecified atom stereocenters. The number of hydrogen-bond donors (Lipinski definition) is 1. The highest BCUT2D eigenvalue weighted by Gasteiger charge is 2.28. The van der Waals surface area contributed by atoms with Crippen LogP contribution in [-0.2, 0) is 19.3 Å². The van der Waals surface area contributed by atoms with Gasteiger partial charge in [-0.2, -0.15) is 4.57 Å². The molecule has 25 heavy (non-hydrogen) atoms. The molecule has 0 atom stereocenters. The van der Waals surface area contributed by atoms with Gasteiger partial charge in [-0.3, -0.25) is 9.92 Å². The fourth-order valence-electron chi connectivity index (χ4n) is 1.68. The van der Waals surface area contributed by atoms with Crippen molar-refractivity contribution in [3.8, 4) is 5.69 Å². The summed E-state index contributed by atoms with van der Waals surface area (Å²) in [5.74, 6) is 0.0639. The Morgan fingerprint density at radius 2 is 1.92 bits per heavy atom. The third kappa shape index (κ3) is 6.29. The first kappa shape index (κ1) is 21.4. The van der Waals surface area contributed by atoms with Crippen molar-refractivity contribution in [3.63, 3.8) is 0 Å². The Hall–Kier alpha value is -1.66. The summed E-state index contributed by atoms with van der Waals surface area (Å²) in [5, 5.41) is 0. The molecule has 138 valence electrons. The Labute approximate surface area is 154 Å². The first-order valence-corrected chi connectivity index (χ1v) is 10.2. The van der Waals surface area contributed by atoms with E-state index in [4.69, 9.17) is 10.5 Å². The minimum absolute atomic E-state index is 0.343. The van der Waals surface area contributed by atoms with Crippen molar-refractivity contribution >= 4 is 45.3 Å². The molecule has 0 spiro atoms. The number of rotatable bonds is 5. The maximum absolute atomic E-state index is 11.9. The molecule has 0 radical (unpaired) electrons. The predicted molar refractivity (Wildman–Crippen MR) is 94.7 cm³/mol. The van der Waals surface area contributed by atoms with E-state index in [1.807, 2.05) is 41.2 Å². The van der Waals surface area contributed by atoms with Crippen molar-refractivity contribution in [3.05, 3.63) is 35.2 Å². The standard InChI is InChI=1S/C13H14N2O2S2.CH4O4S/c1-3-17-12(16)10-11(14)15(13(18-2)19-10)9-7-5-4-6-8-9;1-5-6(2,3)4/h4-8H,3H2,1-2H3,(H-,14,16);1H3,(H,2,3,4). The van der Waals surface area contributed by atoms with E-state index in [0.29, 0.717) is 17.3 Å². The van der Waals surface area contributed by atoms with Gasteiger partial charge in [-0.05, 0) is 25.3 Å². The lowest BCUT2D eigenvalue weighted by Gasteiger charge is -2.00. The number of nitrogens with two attached hydrogens (primary N) is 1. The molecule has 0 aliphatic heterocycles. The molecule has 1 aromatic carbocycles. The van der Waals surface area contributed by atoms with Crippen LogP contribution in [0.1, 0.15) is 16.6 Å². The maximum atomic E-state index is 11.9. The third-order valence-electron chi connectivity index (χ3n) is 2.70. The molecule has 2 rings (SSSR count). The van der Waals surface area contributed by atoms with E-state index in [2.05, 4.69) is 4.18 Å². The number of carbonyl (C=O) groups excluding carboxylic acids is 1. The van der Waals surface area contributed by atoms with Crippen LogP contribution in [0.25, 0.3) is 5.69 Å². The minimum Gasteiger partial charge on any atom is -0.726 e. The zero-order chi connectivity index (χ0) is 19.0. The van der Waals surface area contributed by atoms with Crippen LogP contribution in [0, 0.1) is 0 Å². The van der Waals surface area contributed by atoms with E-state index in [0.717, 1.165) is 17.1 Å². The molecule has 0 aliphatic carbocycles. The second-order valence-corrected chi connectivity index (χ2v) is 7.46. The van der Waals surface area contributed by atoms with Gasteiger partial charge < -0.3 is 9.29 Å². The molecule has 0 aliphatic rings. The summed E-state index contributed by atoms with van der Waals surface area (Å²) in [6.07, 6.45) is 1.96. The predicted octanol–water partition coefficient (Wildman–Crippen LogP) is 1.60. The third-order valence-corrected chi connectivity index (χ3v) is 5.33. The molecule has 11 heteroatoms. The molecule has 2 aromatic rings. The molecule has 8 nitrogen and oxygen atoms in total. The number of benzene rings is 1. The zero-order valence-corrected chi connectivity index (χ0v) is 16.2. The largest absolute Gasteiger partial charge is 0.726 e. The highest BCUT2D eigenvalue weighted by molar-refractivity contribution is 8.00. The van der Waals surface area contributed by atoms with Gasteiger partial charge in [0.15, 0.2) is 0 Å². The lowest BCUT2D eigenvalue weighted by atomic mass is 10.3. The summed E-state index contributed by atoms with van der Waals surface area (Å²) in [7, 11) is -3.60. The number of anilines is 1. The number of carbonyl (C=O) groups is 1. The molecular formula is C14H18N2O6S3.